The number of fused-ring (bicyclic) bond motifs is 1. The first-order chi connectivity index (χ1) is 15.0. The zero-order valence-corrected chi connectivity index (χ0v) is 18.0. The highest BCUT2D eigenvalue weighted by Crippen LogP contribution is 2.42. The summed E-state index contributed by atoms with van der Waals surface area (Å²) in [6.07, 6.45) is -10.2. The molecule has 2 N–H and O–H groups in total. The molecule has 2 aliphatic rings. The fourth-order valence-corrected chi connectivity index (χ4v) is 3.64. The van der Waals surface area contributed by atoms with Crippen molar-refractivity contribution in [2.24, 2.45) is 11.3 Å². The monoisotopic (exact) mass is 493 g/mol. The number of aliphatic carboxylic acids is 2. The second kappa shape index (κ2) is 11.2. The second-order valence-electron chi connectivity index (χ2n) is 8.02. The smallest absolute Gasteiger partial charge is 0.475 e. The molecule has 3 rings (SSSR count). The highest BCUT2D eigenvalue weighted by atomic mass is 19.4. The lowest BCUT2D eigenvalue weighted by molar-refractivity contribution is -0.193. The quantitative estimate of drug-likeness (QED) is 0.610. The molecule has 0 radical (unpaired) electrons. The number of carbonyl (C=O) groups is 2. The van der Waals surface area contributed by atoms with Gasteiger partial charge in [0, 0.05) is 43.6 Å². The Morgan fingerprint density at radius 1 is 1.18 bits per heavy atom. The van der Waals surface area contributed by atoms with Crippen LogP contribution in [0, 0.1) is 18.3 Å². The molecule has 0 saturated carbocycles. The fourth-order valence-electron chi connectivity index (χ4n) is 3.64. The Balaban J connectivity index is 0.000000324. The van der Waals surface area contributed by atoms with E-state index in [4.69, 9.17) is 29.1 Å². The van der Waals surface area contributed by atoms with Crippen molar-refractivity contribution in [3.8, 4) is 0 Å². The molecule has 33 heavy (non-hydrogen) atoms. The molecule has 2 saturated heterocycles. The van der Waals surface area contributed by atoms with E-state index in [1.54, 1.807) is 0 Å². The molecule has 0 aromatic carbocycles. The van der Waals surface area contributed by atoms with Crippen molar-refractivity contribution < 1.29 is 55.4 Å². The lowest BCUT2D eigenvalue weighted by atomic mass is 9.81. The summed E-state index contributed by atoms with van der Waals surface area (Å²) < 4.78 is 74.4. The van der Waals surface area contributed by atoms with E-state index in [2.05, 4.69) is 29.1 Å². The van der Waals surface area contributed by atoms with E-state index < -0.39 is 24.3 Å². The standard InChI is InChI=1S/C14H23N3O2.2C2HF3O2/c1-11-4-13(15-19-11)6-17-5-12-7-18-10-14(12,9-17)8-16(2)3;2*3-2(4,5)1(6)7/h4,12H,5-10H2,1-3H3;2*(H,6,7)/t12-,14+;;/m1../s1. The molecule has 1 aromatic rings. The number of carboxylic acids is 2. The van der Waals surface area contributed by atoms with Gasteiger partial charge in [0.1, 0.15) is 5.76 Å². The number of nitrogens with zero attached hydrogens (tertiary/aromatic N) is 3. The van der Waals surface area contributed by atoms with Crippen LogP contribution in [0.25, 0.3) is 0 Å². The molecule has 0 aliphatic carbocycles. The zero-order valence-electron chi connectivity index (χ0n) is 18.0. The number of halogens is 6. The first-order valence-electron chi connectivity index (χ1n) is 9.43. The molecule has 0 amide bonds. The van der Waals surface area contributed by atoms with Crippen LogP contribution in [0.4, 0.5) is 26.3 Å². The van der Waals surface area contributed by atoms with Crippen LogP contribution in [0.2, 0.25) is 0 Å². The van der Waals surface area contributed by atoms with Gasteiger partial charge < -0.3 is 24.4 Å². The third-order valence-corrected chi connectivity index (χ3v) is 4.77. The summed E-state index contributed by atoms with van der Waals surface area (Å²) in [4.78, 5) is 22.6. The third kappa shape index (κ3) is 9.17. The van der Waals surface area contributed by atoms with E-state index in [0.29, 0.717) is 11.3 Å². The van der Waals surface area contributed by atoms with Crippen LogP contribution in [0.1, 0.15) is 11.5 Å². The first-order valence-corrected chi connectivity index (χ1v) is 9.43. The molecule has 9 nitrogen and oxygen atoms in total. The number of aryl methyl sites for hydroxylation is 1. The largest absolute Gasteiger partial charge is 0.490 e. The summed E-state index contributed by atoms with van der Waals surface area (Å²) in [6, 6.07) is 2.03. The molecule has 3 heterocycles. The van der Waals surface area contributed by atoms with Gasteiger partial charge in [0.15, 0.2) is 0 Å². The van der Waals surface area contributed by atoms with Gasteiger partial charge in [-0.1, -0.05) is 5.16 Å². The molecule has 15 heteroatoms. The van der Waals surface area contributed by atoms with Crippen molar-refractivity contribution in [2.75, 3.05) is 46.9 Å². The van der Waals surface area contributed by atoms with Gasteiger partial charge in [-0.05, 0) is 21.0 Å². The van der Waals surface area contributed by atoms with Gasteiger partial charge in [0.25, 0.3) is 0 Å². The normalized spacial score (nSPS) is 22.8. The minimum absolute atomic E-state index is 0.308. The number of carboxylic acid groups (broad SMARTS) is 2. The van der Waals surface area contributed by atoms with Gasteiger partial charge in [-0.25, -0.2) is 9.59 Å². The van der Waals surface area contributed by atoms with Gasteiger partial charge in [0.05, 0.1) is 18.9 Å². The lowest BCUT2D eigenvalue weighted by Gasteiger charge is -2.30. The van der Waals surface area contributed by atoms with Crippen LogP contribution in [0.5, 0.6) is 0 Å². The Hall–Kier alpha value is -2.39. The number of ether oxygens (including phenoxy) is 1. The molecule has 2 atom stereocenters. The molecule has 0 spiro atoms. The summed E-state index contributed by atoms with van der Waals surface area (Å²) in [5.41, 5.74) is 1.35. The minimum Gasteiger partial charge on any atom is -0.475 e. The molecule has 190 valence electrons. The van der Waals surface area contributed by atoms with Crippen molar-refractivity contribution in [3.63, 3.8) is 0 Å². The molecule has 2 aliphatic heterocycles. The van der Waals surface area contributed by atoms with Gasteiger partial charge in [-0.3, -0.25) is 4.90 Å². The number of hydrogen-bond donors (Lipinski definition) is 2. The number of hydrogen-bond acceptors (Lipinski definition) is 7. The first kappa shape index (κ1) is 28.6. The van der Waals surface area contributed by atoms with Gasteiger partial charge in [-0.15, -0.1) is 0 Å². The maximum atomic E-state index is 10.6. The van der Waals surface area contributed by atoms with Crippen LogP contribution in [-0.2, 0) is 20.9 Å². The summed E-state index contributed by atoms with van der Waals surface area (Å²) in [5.74, 6) is -3.97. The van der Waals surface area contributed by atoms with Crippen LogP contribution in [0.15, 0.2) is 10.6 Å². The molecule has 0 bridgehead atoms. The van der Waals surface area contributed by atoms with Crippen molar-refractivity contribution in [1.29, 1.82) is 0 Å². The van der Waals surface area contributed by atoms with Crippen molar-refractivity contribution >= 4 is 11.9 Å². The average Bonchev–Trinajstić information content (AvgIpc) is 3.28. The predicted molar refractivity (Wildman–Crippen MR) is 99.2 cm³/mol. The Labute approximate surface area is 184 Å². The Morgan fingerprint density at radius 2 is 1.70 bits per heavy atom. The molecule has 0 unspecified atom stereocenters. The highest BCUT2D eigenvalue weighted by molar-refractivity contribution is 5.73. The van der Waals surface area contributed by atoms with E-state index >= 15 is 0 Å². The topological polar surface area (TPSA) is 116 Å². The van der Waals surface area contributed by atoms with Crippen LogP contribution in [0.3, 0.4) is 0 Å². The predicted octanol–water partition coefficient (Wildman–Crippen LogP) is 2.26. The van der Waals surface area contributed by atoms with Crippen molar-refractivity contribution in [2.45, 2.75) is 25.8 Å². The summed E-state index contributed by atoms with van der Waals surface area (Å²) >= 11 is 0. The third-order valence-electron chi connectivity index (χ3n) is 4.77. The van der Waals surface area contributed by atoms with E-state index in [-0.39, 0.29) is 0 Å². The molecule has 2 fully saturated rings. The Kier molecular flexibility index (Phi) is 9.68. The van der Waals surface area contributed by atoms with Gasteiger partial charge in [-0.2, -0.15) is 26.3 Å². The number of aromatic nitrogens is 1. The van der Waals surface area contributed by atoms with Crippen molar-refractivity contribution in [3.05, 3.63) is 17.5 Å². The van der Waals surface area contributed by atoms with Crippen LogP contribution in [-0.4, -0.2) is 96.4 Å². The van der Waals surface area contributed by atoms with E-state index in [1.807, 2.05) is 13.0 Å². The number of alkyl halides is 6. The summed E-state index contributed by atoms with van der Waals surface area (Å²) in [6.45, 7) is 7.94. The Bertz CT molecular complexity index is 773. The molecular weight excluding hydrogens is 468 g/mol. The maximum Gasteiger partial charge on any atom is 0.490 e. The zero-order chi connectivity index (χ0) is 25.6. The van der Waals surface area contributed by atoms with Crippen LogP contribution < -0.4 is 0 Å². The molecular formula is C18H25F6N3O6. The van der Waals surface area contributed by atoms with Gasteiger partial charge >= 0.3 is 24.3 Å². The summed E-state index contributed by atoms with van der Waals surface area (Å²) in [5, 5.41) is 18.3. The number of rotatable bonds is 4. The average molecular weight is 493 g/mol. The summed E-state index contributed by atoms with van der Waals surface area (Å²) in [7, 11) is 4.29. The van der Waals surface area contributed by atoms with Crippen LogP contribution >= 0.6 is 0 Å². The Morgan fingerprint density at radius 3 is 2.09 bits per heavy atom. The van der Waals surface area contributed by atoms with Crippen molar-refractivity contribution in [1.82, 2.24) is 15.0 Å². The number of likely N-dealkylation sites (tertiary alicyclic amines) is 1. The highest BCUT2D eigenvalue weighted by Gasteiger charge is 2.50. The van der Waals surface area contributed by atoms with E-state index in [1.165, 1.54) is 0 Å². The van der Waals surface area contributed by atoms with E-state index in [0.717, 1.165) is 50.8 Å². The van der Waals surface area contributed by atoms with Gasteiger partial charge in [0.2, 0.25) is 0 Å². The SMILES string of the molecule is Cc1cc(CN2C[C@@H]3COC[C@]3(CN(C)C)C2)no1.O=C(O)C(F)(F)F.O=C(O)C(F)(F)F. The minimum atomic E-state index is -5.08. The molecule has 1 aromatic heterocycles. The lowest BCUT2D eigenvalue weighted by Crippen LogP contribution is -2.40. The maximum absolute atomic E-state index is 10.6. The second-order valence-corrected chi connectivity index (χ2v) is 8.02. The van der Waals surface area contributed by atoms with E-state index in [9.17, 15) is 26.3 Å². The fraction of sp³-hybridized carbons (Fsp3) is 0.722.